The molecule has 1 aliphatic rings. The van der Waals surface area contributed by atoms with E-state index in [1.54, 1.807) is 11.3 Å². The lowest BCUT2D eigenvalue weighted by Gasteiger charge is -2.25. The van der Waals surface area contributed by atoms with E-state index in [1.807, 2.05) is 30.3 Å². The van der Waals surface area contributed by atoms with Crippen molar-refractivity contribution < 1.29 is 4.79 Å². The van der Waals surface area contributed by atoms with Gasteiger partial charge in [-0.2, -0.15) is 0 Å². The highest BCUT2D eigenvalue weighted by Gasteiger charge is 2.24. The molecule has 3 N–H and O–H groups in total. The van der Waals surface area contributed by atoms with E-state index < -0.39 is 6.04 Å². The van der Waals surface area contributed by atoms with Crippen molar-refractivity contribution in [3.63, 3.8) is 0 Å². The van der Waals surface area contributed by atoms with E-state index >= 15 is 0 Å². The molecule has 1 aromatic carbocycles. The normalized spacial score (nSPS) is 18.8. The predicted octanol–water partition coefficient (Wildman–Crippen LogP) is 2.81. The Morgan fingerprint density at radius 3 is 2.95 bits per heavy atom. The van der Waals surface area contributed by atoms with E-state index in [4.69, 9.17) is 5.73 Å². The first-order chi connectivity index (χ1) is 10.2. The molecule has 0 aliphatic heterocycles. The second-order valence-electron chi connectivity index (χ2n) is 5.55. The Morgan fingerprint density at radius 1 is 1.33 bits per heavy atom. The first kappa shape index (κ1) is 14.3. The van der Waals surface area contributed by atoms with Crippen LogP contribution in [-0.4, -0.2) is 11.9 Å². The number of hydrogen-bond donors (Lipinski definition) is 2. The Bertz CT molecular complexity index is 608. The Labute approximate surface area is 129 Å². The number of aryl methyl sites for hydroxylation is 1. The highest BCUT2D eigenvalue weighted by Crippen LogP contribution is 2.33. The van der Waals surface area contributed by atoms with Gasteiger partial charge in [-0.3, -0.25) is 4.79 Å². The fourth-order valence-corrected chi connectivity index (χ4v) is 3.86. The topological polar surface area (TPSA) is 55.1 Å². The summed E-state index contributed by atoms with van der Waals surface area (Å²) in [6, 6.07) is 11.7. The summed E-state index contributed by atoms with van der Waals surface area (Å²) in [6.45, 7) is 0. The standard InChI is InChI=1S/C17H20N2OS/c18-14(11-12-5-2-1-3-6-12)17(20)19-15-7-4-8-16-13(15)9-10-21-16/h1-3,5-6,9-10,14-15H,4,7-8,11,18H2,(H,19,20). The summed E-state index contributed by atoms with van der Waals surface area (Å²) in [5.74, 6) is -0.0529. The largest absolute Gasteiger partial charge is 0.348 e. The average Bonchev–Trinajstić information content (AvgIpc) is 2.98. The fourth-order valence-electron chi connectivity index (χ4n) is 2.88. The molecule has 1 heterocycles. The lowest BCUT2D eigenvalue weighted by Crippen LogP contribution is -2.44. The second kappa shape index (κ2) is 6.41. The van der Waals surface area contributed by atoms with Gasteiger partial charge in [-0.05, 0) is 48.3 Å². The average molecular weight is 300 g/mol. The van der Waals surface area contributed by atoms with Crippen molar-refractivity contribution in [1.29, 1.82) is 0 Å². The van der Waals surface area contributed by atoms with Crippen molar-refractivity contribution in [3.05, 3.63) is 57.8 Å². The molecule has 1 aromatic heterocycles. The van der Waals surface area contributed by atoms with Gasteiger partial charge in [0.25, 0.3) is 0 Å². The molecule has 21 heavy (non-hydrogen) atoms. The van der Waals surface area contributed by atoms with Crippen LogP contribution in [0, 0.1) is 0 Å². The fraction of sp³-hybridized carbons (Fsp3) is 0.353. The van der Waals surface area contributed by atoms with Crippen LogP contribution in [0.5, 0.6) is 0 Å². The van der Waals surface area contributed by atoms with Crippen molar-refractivity contribution in [2.24, 2.45) is 5.73 Å². The maximum atomic E-state index is 12.3. The molecule has 2 atom stereocenters. The zero-order chi connectivity index (χ0) is 14.7. The summed E-state index contributed by atoms with van der Waals surface area (Å²) in [6.07, 6.45) is 3.85. The number of thiophene rings is 1. The van der Waals surface area contributed by atoms with Gasteiger partial charge in [0, 0.05) is 4.88 Å². The minimum atomic E-state index is -0.489. The number of fused-ring (bicyclic) bond motifs is 1. The smallest absolute Gasteiger partial charge is 0.237 e. The predicted molar refractivity (Wildman–Crippen MR) is 86.3 cm³/mol. The van der Waals surface area contributed by atoms with Gasteiger partial charge in [0.1, 0.15) is 0 Å². The van der Waals surface area contributed by atoms with Gasteiger partial charge < -0.3 is 11.1 Å². The summed E-state index contributed by atoms with van der Waals surface area (Å²) in [7, 11) is 0. The van der Waals surface area contributed by atoms with E-state index in [9.17, 15) is 4.79 Å². The molecule has 1 aliphatic carbocycles. The van der Waals surface area contributed by atoms with Crippen LogP contribution in [0.4, 0.5) is 0 Å². The third-order valence-corrected chi connectivity index (χ3v) is 5.00. The summed E-state index contributed by atoms with van der Waals surface area (Å²) < 4.78 is 0. The molecule has 0 saturated carbocycles. The van der Waals surface area contributed by atoms with E-state index in [1.165, 1.54) is 10.4 Å². The zero-order valence-corrected chi connectivity index (χ0v) is 12.7. The van der Waals surface area contributed by atoms with Crippen LogP contribution in [-0.2, 0) is 17.6 Å². The molecule has 3 nitrogen and oxygen atoms in total. The van der Waals surface area contributed by atoms with Crippen molar-refractivity contribution >= 4 is 17.2 Å². The number of benzene rings is 1. The van der Waals surface area contributed by atoms with Crippen molar-refractivity contribution in [3.8, 4) is 0 Å². The Kier molecular flexibility index (Phi) is 4.36. The van der Waals surface area contributed by atoms with Crippen molar-refractivity contribution in [2.45, 2.75) is 37.8 Å². The lowest BCUT2D eigenvalue weighted by atomic mass is 9.93. The third kappa shape index (κ3) is 3.34. The van der Waals surface area contributed by atoms with Crippen LogP contribution in [0.3, 0.4) is 0 Å². The van der Waals surface area contributed by atoms with Gasteiger partial charge in [0.2, 0.25) is 5.91 Å². The van der Waals surface area contributed by atoms with Crippen LogP contribution in [0.2, 0.25) is 0 Å². The van der Waals surface area contributed by atoms with E-state index in [-0.39, 0.29) is 11.9 Å². The number of amides is 1. The van der Waals surface area contributed by atoms with Crippen molar-refractivity contribution in [1.82, 2.24) is 5.32 Å². The molecule has 0 saturated heterocycles. The minimum absolute atomic E-state index is 0.0529. The third-order valence-electron chi connectivity index (χ3n) is 4.00. The van der Waals surface area contributed by atoms with Crippen LogP contribution < -0.4 is 11.1 Å². The molecular weight excluding hydrogens is 280 g/mol. The van der Waals surface area contributed by atoms with E-state index in [0.29, 0.717) is 6.42 Å². The van der Waals surface area contributed by atoms with E-state index in [0.717, 1.165) is 24.8 Å². The van der Waals surface area contributed by atoms with E-state index in [2.05, 4.69) is 16.8 Å². The molecule has 110 valence electrons. The van der Waals surface area contributed by atoms with Crippen molar-refractivity contribution in [2.75, 3.05) is 0 Å². The van der Waals surface area contributed by atoms with Gasteiger partial charge in [-0.15, -0.1) is 11.3 Å². The van der Waals surface area contributed by atoms with Gasteiger partial charge >= 0.3 is 0 Å². The monoisotopic (exact) mass is 300 g/mol. The Hall–Kier alpha value is -1.65. The number of rotatable bonds is 4. The molecule has 2 unspecified atom stereocenters. The molecule has 2 aromatic rings. The first-order valence-electron chi connectivity index (χ1n) is 7.40. The number of hydrogen-bond acceptors (Lipinski definition) is 3. The first-order valence-corrected chi connectivity index (χ1v) is 8.28. The van der Waals surface area contributed by atoms with Crippen LogP contribution in [0.15, 0.2) is 41.8 Å². The highest BCUT2D eigenvalue weighted by molar-refractivity contribution is 7.10. The van der Waals surface area contributed by atoms with Gasteiger partial charge in [-0.1, -0.05) is 30.3 Å². The molecule has 4 heteroatoms. The Balaban J connectivity index is 1.62. The SMILES string of the molecule is NC(Cc1ccccc1)C(=O)NC1CCCc2sccc21. The molecule has 1 amide bonds. The maximum Gasteiger partial charge on any atom is 0.237 e. The molecule has 0 fully saturated rings. The highest BCUT2D eigenvalue weighted by atomic mass is 32.1. The number of carbonyl (C=O) groups is 1. The van der Waals surface area contributed by atoms with Gasteiger partial charge in [0.15, 0.2) is 0 Å². The summed E-state index contributed by atoms with van der Waals surface area (Å²) in [5.41, 5.74) is 8.43. The van der Waals surface area contributed by atoms with Crippen LogP contribution in [0.25, 0.3) is 0 Å². The number of nitrogens with two attached hydrogens (primary N) is 1. The zero-order valence-electron chi connectivity index (χ0n) is 11.9. The van der Waals surface area contributed by atoms with Crippen LogP contribution >= 0.6 is 11.3 Å². The molecular formula is C17H20N2OS. The molecule has 0 bridgehead atoms. The van der Waals surface area contributed by atoms with Gasteiger partial charge in [-0.25, -0.2) is 0 Å². The number of carbonyl (C=O) groups excluding carboxylic acids is 1. The summed E-state index contributed by atoms with van der Waals surface area (Å²) in [5, 5.41) is 5.23. The quantitative estimate of drug-likeness (QED) is 0.912. The molecule has 3 rings (SSSR count). The summed E-state index contributed by atoms with van der Waals surface area (Å²) in [4.78, 5) is 13.7. The molecule has 0 radical (unpaired) electrons. The second-order valence-corrected chi connectivity index (χ2v) is 6.55. The summed E-state index contributed by atoms with van der Waals surface area (Å²) >= 11 is 1.78. The maximum absolute atomic E-state index is 12.3. The Morgan fingerprint density at radius 2 is 2.14 bits per heavy atom. The van der Waals surface area contributed by atoms with Crippen LogP contribution in [0.1, 0.15) is 34.9 Å². The molecule has 0 spiro atoms. The lowest BCUT2D eigenvalue weighted by molar-refractivity contribution is -0.123. The van der Waals surface area contributed by atoms with Gasteiger partial charge in [0.05, 0.1) is 12.1 Å². The minimum Gasteiger partial charge on any atom is -0.348 e. The number of nitrogens with one attached hydrogen (secondary N) is 1.